The molecule has 0 radical (unpaired) electrons. The number of ether oxygens (including phenoxy) is 1. The van der Waals surface area contributed by atoms with Crippen molar-refractivity contribution in [1.29, 1.82) is 5.26 Å². The molecule has 0 heterocycles. The van der Waals surface area contributed by atoms with Crippen LogP contribution in [0.3, 0.4) is 0 Å². The zero-order valence-corrected chi connectivity index (χ0v) is 28.0. The Balaban J connectivity index is 1.68. The number of rotatable bonds is 9. The second-order valence-corrected chi connectivity index (χ2v) is 11.7. The molecule has 0 aromatic heterocycles. The highest BCUT2D eigenvalue weighted by atomic mass is 32.2. The number of esters is 1. The number of hydrazine groups is 1. The van der Waals surface area contributed by atoms with Gasteiger partial charge in [0.05, 0.1) is 38.9 Å². The van der Waals surface area contributed by atoms with Gasteiger partial charge in [-0.2, -0.15) is 15.3 Å². The Morgan fingerprint density at radius 1 is 0.717 bits per heavy atom. The summed E-state index contributed by atoms with van der Waals surface area (Å²) in [5, 5.41) is 61.0. The first-order valence-electron chi connectivity index (χ1n) is 15.1. The van der Waals surface area contributed by atoms with Crippen LogP contribution in [-0.4, -0.2) is 38.1 Å². The third-order valence-corrected chi connectivity index (χ3v) is 8.27. The van der Waals surface area contributed by atoms with E-state index in [0.29, 0.717) is 31.4 Å². The molecule has 0 atom stereocenters. The number of nitrogens with zero attached hydrogens (tertiary/aromatic N) is 5. The van der Waals surface area contributed by atoms with Crippen molar-refractivity contribution in [3.8, 4) is 23.3 Å². The topological polar surface area (TPSA) is 242 Å². The standard InChI is InChI=1S/C35H25N7O10S/c1-21(43)52-31-11-5-3-9-25(31)37-34(46)39(27-16-14-23(41(48)49)18-29(27)44)40(28-17-15-24(42(50)51)19-30(28)45)35(47)38-26-10-4-7-13-33(26)53-32-12-6-2-8-22(32)20-36/h2-19,44-45H,1H3,(H,37,46)(H,38,47). The zero-order valence-electron chi connectivity index (χ0n) is 27.2. The fourth-order valence-corrected chi connectivity index (χ4v) is 5.78. The van der Waals surface area contributed by atoms with Crippen LogP contribution in [0.2, 0.25) is 0 Å². The molecule has 4 amide bonds. The highest BCUT2D eigenvalue weighted by Crippen LogP contribution is 2.40. The summed E-state index contributed by atoms with van der Waals surface area (Å²) >= 11 is 1.13. The van der Waals surface area contributed by atoms with Crippen molar-refractivity contribution < 1.29 is 39.2 Å². The van der Waals surface area contributed by atoms with Gasteiger partial charge in [-0.25, -0.2) is 9.59 Å². The van der Waals surface area contributed by atoms with E-state index in [1.165, 1.54) is 30.3 Å². The van der Waals surface area contributed by atoms with E-state index < -0.39 is 62.1 Å². The van der Waals surface area contributed by atoms with Crippen LogP contribution in [0, 0.1) is 31.6 Å². The third kappa shape index (κ3) is 8.39. The summed E-state index contributed by atoms with van der Waals surface area (Å²) in [5.41, 5.74) is -1.80. The number of nitrogens with one attached hydrogen (secondary N) is 2. The van der Waals surface area contributed by atoms with E-state index in [0.717, 1.165) is 49.0 Å². The van der Waals surface area contributed by atoms with Crippen molar-refractivity contribution in [2.24, 2.45) is 0 Å². The molecule has 53 heavy (non-hydrogen) atoms. The molecule has 4 N–H and O–H groups in total. The van der Waals surface area contributed by atoms with Crippen LogP contribution < -0.4 is 25.4 Å². The number of urea groups is 2. The van der Waals surface area contributed by atoms with Crippen LogP contribution in [0.5, 0.6) is 17.2 Å². The van der Waals surface area contributed by atoms with Crippen molar-refractivity contribution in [1.82, 2.24) is 0 Å². The molecule has 0 unspecified atom stereocenters. The molecular formula is C35H25N7O10S. The number of phenolic OH excluding ortho intramolecular Hbond substituents is 2. The molecule has 0 aliphatic carbocycles. The first kappa shape index (κ1) is 36.6. The predicted molar refractivity (Wildman–Crippen MR) is 192 cm³/mol. The van der Waals surface area contributed by atoms with Gasteiger partial charge in [-0.05, 0) is 48.5 Å². The second-order valence-electron chi connectivity index (χ2n) is 10.6. The van der Waals surface area contributed by atoms with Crippen LogP contribution in [0.4, 0.5) is 43.7 Å². The van der Waals surface area contributed by atoms with Crippen LogP contribution in [0.1, 0.15) is 12.5 Å². The molecule has 266 valence electrons. The highest BCUT2D eigenvalue weighted by Gasteiger charge is 2.35. The molecule has 0 bridgehead atoms. The summed E-state index contributed by atoms with van der Waals surface area (Å²) in [4.78, 5) is 63.1. The lowest BCUT2D eigenvalue weighted by Gasteiger charge is -2.35. The number of anilines is 4. The summed E-state index contributed by atoms with van der Waals surface area (Å²) in [7, 11) is 0. The predicted octanol–water partition coefficient (Wildman–Crippen LogP) is 7.55. The summed E-state index contributed by atoms with van der Waals surface area (Å²) < 4.78 is 5.19. The molecule has 0 spiro atoms. The lowest BCUT2D eigenvalue weighted by molar-refractivity contribution is -0.385. The van der Waals surface area contributed by atoms with E-state index in [4.69, 9.17) is 4.74 Å². The number of nitriles is 1. The molecule has 0 fully saturated rings. The minimum atomic E-state index is -1.24. The molecule has 0 aliphatic rings. The monoisotopic (exact) mass is 735 g/mol. The number of carbonyl (C=O) groups is 3. The number of benzene rings is 5. The maximum Gasteiger partial charge on any atom is 0.346 e. The minimum Gasteiger partial charge on any atom is -0.505 e. The fourth-order valence-electron chi connectivity index (χ4n) is 4.80. The van der Waals surface area contributed by atoms with Gasteiger partial charge in [-0.15, -0.1) is 0 Å². The van der Waals surface area contributed by atoms with E-state index in [1.54, 1.807) is 42.5 Å². The Kier molecular flexibility index (Phi) is 11.0. The van der Waals surface area contributed by atoms with Gasteiger partial charge in [0.1, 0.15) is 28.9 Å². The van der Waals surface area contributed by atoms with Crippen LogP contribution in [0.15, 0.2) is 119 Å². The molecule has 0 saturated heterocycles. The lowest BCUT2D eigenvalue weighted by Crippen LogP contribution is -2.54. The van der Waals surface area contributed by atoms with Crippen LogP contribution >= 0.6 is 11.8 Å². The molecule has 5 aromatic rings. The third-order valence-electron chi connectivity index (χ3n) is 7.12. The Morgan fingerprint density at radius 3 is 1.70 bits per heavy atom. The van der Waals surface area contributed by atoms with E-state index >= 15 is 0 Å². The first-order valence-corrected chi connectivity index (χ1v) is 15.9. The molecular weight excluding hydrogens is 710 g/mol. The maximum atomic E-state index is 14.5. The number of para-hydroxylation sites is 3. The van der Waals surface area contributed by atoms with Gasteiger partial charge in [0, 0.05) is 28.8 Å². The van der Waals surface area contributed by atoms with Crippen molar-refractivity contribution >= 4 is 63.9 Å². The Bertz CT molecular complexity index is 2310. The number of aromatic hydroxyl groups is 2. The van der Waals surface area contributed by atoms with Crippen molar-refractivity contribution in [3.05, 3.63) is 135 Å². The van der Waals surface area contributed by atoms with Crippen molar-refractivity contribution in [2.75, 3.05) is 20.7 Å². The SMILES string of the molecule is CC(=O)Oc1ccccc1NC(=O)N(c1ccc([N+](=O)[O-])cc1O)N(C(=O)Nc1ccccc1Sc1ccccc1C#N)c1ccc([N+](=O)[O-])cc1O. The van der Waals surface area contributed by atoms with E-state index in [1.807, 2.05) is 0 Å². The normalized spacial score (nSPS) is 10.3. The number of nitro groups is 2. The first-order chi connectivity index (χ1) is 25.4. The quantitative estimate of drug-likeness (QED) is 0.0496. The molecule has 0 saturated carbocycles. The highest BCUT2D eigenvalue weighted by molar-refractivity contribution is 7.99. The van der Waals surface area contributed by atoms with Gasteiger partial charge in [0.15, 0.2) is 5.75 Å². The fraction of sp³-hybridized carbons (Fsp3) is 0.0286. The maximum absolute atomic E-state index is 14.5. The Morgan fingerprint density at radius 2 is 1.19 bits per heavy atom. The number of non-ortho nitro benzene ring substituents is 2. The second kappa shape index (κ2) is 15.9. The zero-order chi connectivity index (χ0) is 38.2. The molecule has 5 rings (SSSR count). The Labute approximate surface area is 303 Å². The Hall–Kier alpha value is -7.65. The largest absolute Gasteiger partial charge is 0.505 e. The molecule has 0 aliphatic heterocycles. The smallest absolute Gasteiger partial charge is 0.346 e. The average molecular weight is 736 g/mol. The van der Waals surface area contributed by atoms with Gasteiger partial charge >= 0.3 is 18.0 Å². The van der Waals surface area contributed by atoms with Gasteiger partial charge in [0.25, 0.3) is 11.4 Å². The van der Waals surface area contributed by atoms with Gasteiger partial charge in [-0.1, -0.05) is 48.2 Å². The number of phenols is 2. The number of hydrogen-bond acceptors (Lipinski definition) is 12. The average Bonchev–Trinajstić information content (AvgIpc) is 3.12. The minimum absolute atomic E-state index is 0.0923. The van der Waals surface area contributed by atoms with Gasteiger partial charge in [-0.3, -0.25) is 25.0 Å². The lowest BCUT2D eigenvalue weighted by atomic mass is 10.2. The molecule has 17 nitrogen and oxygen atoms in total. The van der Waals surface area contributed by atoms with E-state index in [9.17, 15) is 50.1 Å². The van der Waals surface area contributed by atoms with Crippen molar-refractivity contribution in [3.63, 3.8) is 0 Å². The number of carbonyl (C=O) groups excluding carboxylic acids is 3. The van der Waals surface area contributed by atoms with Crippen LogP contribution in [-0.2, 0) is 4.79 Å². The number of amides is 4. The molecule has 5 aromatic carbocycles. The van der Waals surface area contributed by atoms with E-state index in [2.05, 4.69) is 16.7 Å². The number of hydrogen-bond donors (Lipinski definition) is 4. The summed E-state index contributed by atoms with van der Waals surface area (Å²) in [6, 6.07) is 23.7. The van der Waals surface area contributed by atoms with E-state index in [-0.39, 0.29) is 17.1 Å². The summed E-state index contributed by atoms with van der Waals surface area (Å²) in [6.45, 7) is 1.12. The number of nitro benzene ring substituents is 2. The summed E-state index contributed by atoms with van der Waals surface area (Å²) in [6.07, 6.45) is 0. The van der Waals surface area contributed by atoms with Crippen molar-refractivity contribution in [2.45, 2.75) is 16.7 Å². The van der Waals surface area contributed by atoms with Gasteiger partial charge < -0.3 is 25.6 Å². The van der Waals surface area contributed by atoms with Gasteiger partial charge in [0.2, 0.25) is 0 Å². The summed E-state index contributed by atoms with van der Waals surface area (Å²) in [5.74, 6) is -2.58. The van der Waals surface area contributed by atoms with Crippen LogP contribution in [0.25, 0.3) is 0 Å². The molecule has 18 heteroatoms.